The number of fused-ring (bicyclic) bond motifs is 1. The van der Waals surface area contributed by atoms with Crippen LogP contribution in [0.5, 0.6) is 0 Å². The standard InChI is InChI=1S/C11H13F3N2/c1-10(2)6-15-9-7(11(12,13)14)4-3-5-8(9)16-10/h3-5,15-16H,6H2,1-2H3. The van der Waals surface area contributed by atoms with Crippen LogP contribution in [0.3, 0.4) is 0 Å². The number of benzene rings is 1. The number of hydrogen-bond acceptors (Lipinski definition) is 2. The second-order valence-electron chi connectivity index (χ2n) is 4.59. The highest BCUT2D eigenvalue weighted by Crippen LogP contribution is 2.41. The van der Waals surface area contributed by atoms with E-state index in [0.717, 1.165) is 6.07 Å². The molecule has 2 N–H and O–H groups in total. The van der Waals surface area contributed by atoms with E-state index in [1.54, 1.807) is 6.07 Å². The Morgan fingerprint density at radius 1 is 1.25 bits per heavy atom. The number of rotatable bonds is 0. The number of para-hydroxylation sites is 1. The molecular formula is C11H13F3N2. The summed E-state index contributed by atoms with van der Waals surface area (Å²) >= 11 is 0. The summed E-state index contributed by atoms with van der Waals surface area (Å²) in [5.41, 5.74) is -0.203. The van der Waals surface area contributed by atoms with Crippen molar-refractivity contribution in [1.29, 1.82) is 0 Å². The summed E-state index contributed by atoms with van der Waals surface area (Å²) in [5, 5.41) is 5.93. The summed E-state index contributed by atoms with van der Waals surface area (Å²) < 4.78 is 38.1. The van der Waals surface area contributed by atoms with E-state index in [9.17, 15) is 13.2 Å². The van der Waals surface area contributed by atoms with Crippen LogP contribution >= 0.6 is 0 Å². The number of anilines is 2. The molecule has 1 aliphatic heterocycles. The maximum Gasteiger partial charge on any atom is 0.418 e. The quantitative estimate of drug-likeness (QED) is 0.714. The molecule has 0 radical (unpaired) electrons. The van der Waals surface area contributed by atoms with Gasteiger partial charge < -0.3 is 10.6 Å². The molecule has 0 aliphatic carbocycles. The molecule has 0 saturated carbocycles. The molecule has 2 rings (SSSR count). The summed E-state index contributed by atoms with van der Waals surface area (Å²) in [6.07, 6.45) is -4.32. The lowest BCUT2D eigenvalue weighted by Crippen LogP contribution is -2.42. The van der Waals surface area contributed by atoms with Gasteiger partial charge in [-0.15, -0.1) is 0 Å². The van der Waals surface area contributed by atoms with E-state index in [2.05, 4.69) is 10.6 Å². The average Bonchev–Trinajstić information content (AvgIpc) is 2.13. The lowest BCUT2D eigenvalue weighted by Gasteiger charge is -2.35. The molecule has 1 aromatic carbocycles. The van der Waals surface area contributed by atoms with Crippen LogP contribution in [0.2, 0.25) is 0 Å². The van der Waals surface area contributed by atoms with Crippen LogP contribution in [-0.2, 0) is 6.18 Å². The number of alkyl halides is 3. The van der Waals surface area contributed by atoms with Gasteiger partial charge in [0.25, 0.3) is 0 Å². The van der Waals surface area contributed by atoms with Gasteiger partial charge in [0.1, 0.15) is 0 Å². The van der Waals surface area contributed by atoms with E-state index < -0.39 is 11.7 Å². The van der Waals surface area contributed by atoms with Gasteiger partial charge in [0, 0.05) is 12.1 Å². The molecule has 0 amide bonds. The fraction of sp³-hybridized carbons (Fsp3) is 0.455. The van der Waals surface area contributed by atoms with Gasteiger partial charge in [0.05, 0.1) is 16.9 Å². The molecule has 0 saturated heterocycles. The Bertz CT molecular complexity index is 410. The monoisotopic (exact) mass is 230 g/mol. The fourth-order valence-electron chi connectivity index (χ4n) is 1.80. The van der Waals surface area contributed by atoms with Gasteiger partial charge >= 0.3 is 6.18 Å². The molecule has 0 aromatic heterocycles. The summed E-state index contributed by atoms with van der Waals surface area (Å²) in [6.45, 7) is 4.33. The molecule has 0 fully saturated rings. The van der Waals surface area contributed by atoms with Crippen LogP contribution in [0.15, 0.2) is 18.2 Å². The number of halogens is 3. The fourth-order valence-corrected chi connectivity index (χ4v) is 1.80. The maximum absolute atomic E-state index is 12.7. The first-order chi connectivity index (χ1) is 7.30. The molecular weight excluding hydrogens is 217 g/mol. The van der Waals surface area contributed by atoms with Gasteiger partial charge in [-0.3, -0.25) is 0 Å². The Balaban J connectivity index is 2.47. The Kier molecular flexibility index (Phi) is 2.29. The van der Waals surface area contributed by atoms with Crippen molar-refractivity contribution in [3.63, 3.8) is 0 Å². The predicted molar refractivity (Wildman–Crippen MR) is 57.6 cm³/mol. The van der Waals surface area contributed by atoms with Crippen LogP contribution in [0.1, 0.15) is 19.4 Å². The van der Waals surface area contributed by atoms with E-state index in [1.165, 1.54) is 6.07 Å². The van der Waals surface area contributed by atoms with Gasteiger partial charge in [0.15, 0.2) is 0 Å². The predicted octanol–water partition coefficient (Wildman–Crippen LogP) is 3.32. The topological polar surface area (TPSA) is 24.1 Å². The normalized spacial score (nSPS) is 18.3. The molecule has 0 bridgehead atoms. The average molecular weight is 230 g/mol. The van der Waals surface area contributed by atoms with Crippen molar-refractivity contribution in [3.8, 4) is 0 Å². The van der Waals surface area contributed by atoms with Crippen LogP contribution in [0, 0.1) is 0 Å². The summed E-state index contributed by atoms with van der Waals surface area (Å²) in [7, 11) is 0. The minimum absolute atomic E-state index is 0.148. The molecule has 88 valence electrons. The summed E-state index contributed by atoms with van der Waals surface area (Å²) in [4.78, 5) is 0. The number of hydrogen-bond donors (Lipinski definition) is 2. The highest BCUT2D eigenvalue weighted by Gasteiger charge is 2.36. The van der Waals surface area contributed by atoms with Crippen molar-refractivity contribution in [2.75, 3.05) is 17.2 Å². The molecule has 0 atom stereocenters. The summed E-state index contributed by atoms with van der Waals surface area (Å²) in [5.74, 6) is 0. The Morgan fingerprint density at radius 3 is 2.56 bits per heavy atom. The molecule has 0 unspecified atom stereocenters. The Hall–Kier alpha value is -1.39. The molecule has 1 aliphatic rings. The second kappa shape index (κ2) is 3.30. The second-order valence-corrected chi connectivity index (χ2v) is 4.59. The molecule has 1 heterocycles. The van der Waals surface area contributed by atoms with Crippen molar-refractivity contribution in [1.82, 2.24) is 0 Å². The first kappa shape index (κ1) is 11.1. The third kappa shape index (κ3) is 1.94. The highest BCUT2D eigenvalue weighted by atomic mass is 19.4. The van der Waals surface area contributed by atoms with Gasteiger partial charge in [-0.1, -0.05) is 6.07 Å². The van der Waals surface area contributed by atoms with Crippen LogP contribution in [0.25, 0.3) is 0 Å². The zero-order valence-electron chi connectivity index (χ0n) is 9.07. The molecule has 2 nitrogen and oxygen atoms in total. The van der Waals surface area contributed by atoms with Crippen LogP contribution in [-0.4, -0.2) is 12.1 Å². The van der Waals surface area contributed by atoms with Gasteiger partial charge in [-0.05, 0) is 26.0 Å². The van der Waals surface area contributed by atoms with Crippen LogP contribution < -0.4 is 10.6 Å². The summed E-state index contributed by atoms with van der Waals surface area (Å²) in [6, 6.07) is 4.15. The van der Waals surface area contributed by atoms with E-state index >= 15 is 0 Å². The van der Waals surface area contributed by atoms with Gasteiger partial charge in [0.2, 0.25) is 0 Å². The van der Waals surface area contributed by atoms with Crippen molar-refractivity contribution < 1.29 is 13.2 Å². The van der Waals surface area contributed by atoms with Crippen molar-refractivity contribution in [3.05, 3.63) is 23.8 Å². The molecule has 5 heteroatoms. The molecule has 0 spiro atoms. The zero-order chi connectivity index (χ0) is 12.0. The first-order valence-electron chi connectivity index (χ1n) is 5.02. The Morgan fingerprint density at radius 2 is 1.94 bits per heavy atom. The highest BCUT2D eigenvalue weighted by molar-refractivity contribution is 5.76. The largest absolute Gasteiger partial charge is 0.418 e. The lowest BCUT2D eigenvalue weighted by atomic mass is 9.99. The third-order valence-electron chi connectivity index (χ3n) is 2.55. The van der Waals surface area contributed by atoms with Crippen molar-refractivity contribution in [2.45, 2.75) is 25.6 Å². The minimum atomic E-state index is -4.32. The van der Waals surface area contributed by atoms with Crippen molar-refractivity contribution >= 4 is 11.4 Å². The smallest absolute Gasteiger partial charge is 0.381 e. The first-order valence-corrected chi connectivity index (χ1v) is 5.02. The molecule has 16 heavy (non-hydrogen) atoms. The SMILES string of the molecule is CC1(C)CNc2c(cccc2C(F)(F)F)N1. The zero-order valence-corrected chi connectivity index (χ0v) is 9.07. The van der Waals surface area contributed by atoms with Crippen molar-refractivity contribution in [2.24, 2.45) is 0 Å². The minimum Gasteiger partial charge on any atom is -0.381 e. The molecule has 1 aromatic rings. The van der Waals surface area contributed by atoms with E-state index in [4.69, 9.17) is 0 Å². The maximum atomic E-state index is 12.7. The lowest BCUT2D eigenvalue weighted by molar-refractivity contribution is -0.136. The Labute approximate surface area is 91.8 Å². The van der Waals surface area contributed by atoms with Gasteiger partial charge in [-0.25, -0.2) is 0 Å². The van der Waals surface area contributed by atoms with E-state index in [0.29, 0.717) is 12.2 Å². The number of nitrogens with one attached hydrogen (secondary N) is 2. The van der Waals surface area contributed by atoms with Crippen LogP contribution in [0.4, 0.5) is 24.5 Å². The third-order valence-corrected chi connectivity index (χ3v) is 2.55. The van der Waals surface area contributed by atoms with E-state index in [1.807, 2.05) is 13.8 Å². The van der Waals surface area contributed by atoms with Gasteiger partial charge in [-0.2, -0.15) is 13.2 Å². The van der Waals surface area contributed by atoms with E-state index in [-0.39, 0.29) is 11.2 Å².